The van der Waals surface area contributed by atoms with Crippen molar-refractivity contribution in [1.82, 2.24) is 0 Å². The molecule has 18 heavy (non-hydrogen) atoms. The van der Waals surface area contributed by atoms with Gasteiger partial charge in [0, 0.05) is 18.2 Å². The fourth-order valence-electron chi connectivity index (χ4n) is 1.38. The largest absolute Gasteiger partial charge is 0.493 e. The number of halogens is 1. The molecule has 0 fully saturated rings. The summed E-state index contributed by atoms with van der Waals surface area (Å²) in [6, 6.07) is 3.22. The molecule has 4 nitrogen and oxygen atoms in total. The van der Waals surface area contributed by atoms with Crippen LogP contribution in [-0.4, -0.2) is 20.1 Å². The van der Waals surface area contributed by atoms with Gasteiger partial charge in [0.25, 0.3) is 0 Å². The molecule has 1 aromatic rings. The average Bonchev–Trinajstić information content (AvgIpc) is 2.30. The predicted molar refractivity (Wildman–Crippen MR) is 72.6 cm³/mol. The van der Waals surface area contributed by atoms with Crippen molar-refractivity contribution < 1.29 is 14.3 Å². The third-order valence-electron chi connectivity index (χ3n) is 2.15. The first-order valence-electron chi connectivity index (χ1n) is 5.35. The average molecular weight is 270 g/mol. The number of methoxy groups -OCH3 is 2. The lowest BCUT2D eigenvalue weighted by atomic mass is 10.2. The van der Waals surface area contributed by atoms with E-state index in [0.717, 1.165) is 5.57 Å². The van der Waals surface area contributed by atoms with Gasteiger partial charge in [-0.25, -0.2) is 0 Å². The van der Waals surface area contributed by atoms with Gasteiger partial charge in [-0.2, -0.15) is 0 Å². The zero-order chi connectivity index (χ0) is 13.7. The first-order valence-corrected chi connectivity index (χ1v) is 5.73. The summed E-state index contributed by atoms with van der Waals surface area (Å²) in [5.74, 6) is 0.793. The maximum Gasteiger partial charge on any atom is 0.248 e. The van der Waals surface area contributed by atoms with E-state index in [-0.39, 0.29) is 5.91 Å². The van der Waals surface area contributed by atoms with Crippen molar-refractivity contribution in [2.45, 2.75) is 13.8 Å². The van der Waals surface area contributed by atoms with E-state index in [4.69, 9.17) is 21.1 Å². The van der Waals surface area contributed by atoms with Crippen LogP contribution in [-0.2, 0) is 4.79 Å². The number of allylic oxidation sites excluding steroid dienone is 1. The van der Waals surface area contributed by atoms with Gasteiger partial charge < -0.3 is 14.8 Å². The molecule has 1 amide bonds. The molecular weight excluding hydrogens is 254 g/mol. The molecule has 0 radical (unpaired) electrons. The highest BCUT2D eigenvalue weighted by molar-refractivity contribution is 6.34. The zero-order valence-electron chi connectivity index (χ0n) is 10.8. The minimum atomic E-state index is -0.232. The third kappa shape index (κ3) is 3.67. The topological polar surface area (TPSA) is 47.6 Å². The molecule has 5 heteroatoms. The molecule has 1 aromatic carbocycles. The number of hydrogen-bond acceptors (Lipinski definition) is 3. The van der Waals surface area contributed by atoms with E-state index in [1.165, 1.54) is 20.3 Å². The van der Waals surface area contributed by atoms with E-state index in [1.54, 1.807) is 12.1 Å². The predicted octanol–water partition coefficient (Wildman–Crippen LogP) is 3.26. The third-order valence-corrected chi connectivity index (χ3v) is 2.46. The van der Waals surface area contributed by atoms with Crippen LogP contribution in [0, 0.1) is 0 Å². The second-order valence-corrected chi connectivity index (χ2v) is 4.31. The molecule has 0 aliphatic rings. The van der Waals surface area contributed by atoms with Crippen molar-refractivity contribution in [3.8, 4) is 11.5 Å². The van der Waals surface area contributed by atoms with E-state index in [2.05, 4.69) is 5.32 Å². The van der Waals surface area contributed by atoms with Crippen LogP contribution in [0.2, 0.25) is 5.02 Å². The molecule has 1 rings (SSSR count). The molecule has 0 aliphatic heterocycles. The highest BCUT2D eigenvalue weighted by Crippen LogP contribution is 2.35. The lowest BCUT2D eigenvalue weighted by Gasteiger charge is -2.11. The van der Waals surface area contributed by atoms with Crippen molar-refractivity contribution in [1.29, 1.82) is 0 Å². The summed E-state index contributed by atoms with van der Waals surface area (Å²) in [6.07, 6.45) is 1.49. The Bertz CT molecular complexity index is 479. The summed E-state index contributed by atoms with van der Waals surface area (Å²) in [5.41, 5.74) is 1.39. The highest BCUT2D eigenvalue weighted by atomic mass is 35.5. The molecule has 98 valence electrons. The minimum Gasteiger partial charge on any atom is -0.493 e. The Balaban J connectivity index is 3.03. The Morgan fingerprint density at radius 3 is 2.28 bits per heavy atom. The van der Waals surface area contributed by atoms with Crippen LogP contribution in [0.25, 0.3) is 0 Å². The van der Waals surface area contributed by atoms with Crippen LogP contribution >= 0.6 is 11.6 Å². The molecule has 0 bridgehead atoms. The molecule has 0 saturated carbocycles. The van der Waals surface area contributed by atoms with Crippen molar-refractivity contribution in [3.05, 3.63) is 28.8 Å². The van der Waals surface area contributed by atoms with Crippen molar-refractivity contribution >= 4 is 23.2 Å². The summed E-state index contributed by atoms with van der Waals surface area (Å²) >= 11 is 6.05. The fraction of sp³-hybridized carbons (Fsp3) is 0.308. The van der Waals surface area contributed by atoms with Crippen LogP contribution in [0.5, 0.6) is 11.5 Å². The number of hydrogen-bond donors (Lipinski definition) is 1. The molecule has 0 unspecified atom stereocenters. The van der Waals surface area contributed by atoms with Crippen molar-refractivity contribution in [2.75, 3.05) is 19.5 Å². The molecule has 0 aromatic heterocycles. The van der Waals surface area contributed by atoms with Crippen LogP contribution in [0.4, 0.5) is 5.69 Å². The van der Waals surface area contributed by atoms with Gasteiger partial charge in [0.2, 0.25) is 5.91 Å². The van der Waals surface area contributed by atoms with E-state index in [1.807, 2.05) is 13.8 Å². The van der Waals surface area contributed by atoms with Gasteiger partial charge in [-0.15, -0.1) is 0 Å². The van der Waals surface area contributed by atoms with Crippen LogP contribution in [0.3, 0.4) is 0 Å². The number of amides is 1. The Kier molecular flexibility index (Phi) is 5.04. The summed E-state index contributed by atoms with van der Waals surface area (Å²) in [6.45, 7) is 3.69. The van der Waals surface area contributed by atoms with E-state index in [9.17, 15) is 4.79 Å². The summed E-state index contributed by atoms with van der Waals surface area (Å²) in [7, 11) is 3.04. The number of rotatable bonds is 4. The second-order valence-electron chi connectivity index (χ2n) is 3.90. The Labute approximate surface area is 112 Å². The van der Waals surface area contributed by atoms with Crippen LogP contribution in [0.1, 0.15) is 13.8 Å². The Hall–Kier alpha value is -1.68. The van der Waals surface area contributed by atoms with E-state index in [0.29, 0.717) is 22.2 Å². The molecule has 1 N–H and O–H groups in total. The number of ether oxygens (including phenoxy) is 2. The SMILES string of the molecule is COc1cc(Cl)c(NC(=O)C=C(C)C)cc1OC. The maximum atomic E-state index is 11.6. The summed E-state index contributed by atoms with van der Waals surface area (Å²) in [5, 5.41) is 3.08. The first-order chi connectivity index (χ1) is 8.47. The summed E-state index contributed by atoms with van der Waals surface area (Å²) in [4.78, 5) is 11.6. The zero-order valence-corrected chi connectivity index (χ0v) is 11.6. The van der Waals surface area contributed by atoms with Crippen molar-refractivity contribution in [3.63, 3.8) is 0 Å². The van der Waals surface area contributed by atoms with Gasteiger partial charge in [0.05, 0.1) is 24.9 Å². The maximum absolute atomic E-state index is 11.6. The number of anilines is 1. The summed E-state index contributed by atoms with van der Waals surface area (Å²) < 4.78 is 10.3. The van der Waals surface area contributed by atoms with Crippen LogP contribution < -0.4 is 14.8 Å². The molecule has 0 spiro atoms. The molecule has 0 aliphatic carbocycles. The normalized spacial score (nSPS) is 9.61. The fourth-order valence-corrected chi connectivity index (χ4v) is 1.58. The standard InChI is InChI=1S/C13H16ClNO3/c1-8(2)5-13(16)15-10-7-12(18-4)11(17-3)6-9(10)14/h5-7H,1-4H3,(H,15,16). The van der Waals surface area contributed by atoms with Gasteiger partial charge in [-0.05, 0) is 13.8 Å². The van der Waals surface area contributed by atoms with Crippen LogP contribution in [0.15, 0.2) is 23.8 Å². The van der Waals surface area contributed by atoms with Gasteiger partial charge >= 0.3 is 0 Å². The van der Waals surface area contributed by atoms with Gasteiger partial charge in [-0.1, -0.05) is 17.2 Å². The lowest BCUT2D eigenvalue weighted by molar-refractivity contribution is -0.111. The molecular formula is C13H16ClNO3. The molecule has 0 saturated heterocycles. The number of benzene rings is 1. The second kappa shape index (κ2) is 6.31. The number of carbonyl (C=O) groups is 1. The smallest absolute Gasteiger partial charge is 0.248 e. The number of nitrogens with one attached hydrogen (secondary N) is 1. The lowest BCUT2D eigenvalue weighted by Crippen LogP contribution is -2.09. The van der Waals surface area contributed by atoms with Crippen molar-refractivity contribution in [2.24, 2.45) is 0 Å². The monoisotopic (exact) mass is 269 g/mol. The van der Waals surface area contributed by atoms with Gasteiger partial charge in [-0.3, -0.25) is 4.79 Å². The first kappa shape index (κ1) is 14.4. The van der Waals surface area contributed by atoms with E-state index >= 15 is 0 Å². The van der Waals surface area contributed by atoms with Gasteiger partial charge in [0.15, 0.2) is 11.5 Å². The molecule has 0 heterocycles. The Morgan fingerprint density at radius 1 is 1.22 bits per heavy atom. The minimum absolute atomic E-state index is 0.232. The Morgan fingerprint density at radius 2 is 1.78 bits per heavy atom. The molecule has 0 atom stereocenters. The van der Waals surface area contributed by atoms with Gasteiger partial charge in [0.1, 0.15) is 0 Å². The van der Waals surface area contributed by atoms with E-state index < -0.39 is 0 Å². The number of carbonyl (C=O) groups excluding carboxylic acids is 1. The highest BCUT2D eigenvalue weighted by Gasteiger charge is 2.11. The quantitative estimate of drug-likeness (QED) is 0.854.